The highest BCUT2D eigenvalue weighted by Crippen LogP contribution is 2.31. The zero-order chi connectivity index (χ0) is 25.8. The summed E-state index contributed by atoms with van der Waals surface area (Å²) in [5, 5.41) is 5.70. The van der Waals surface area contributed by atoms with Gasteiger partial charge in [0.1, 0.15) is 10.7 Å². The van der Waals surface area contributed by atoms with Gasteiger partial charge in [0.2, 0.25) is 0 Å². The van der Waals surface area contributed by atoms with E-state index in [1.165, 1.54) is 5.56 Å². The molecule has 0 saturated carbocycles. The van der Waals surface area contributed by atoms with Crippen LogP contribution in [0.3, 0.4) is 0 Å². The summed E-state index contributed by atoms with van der Waals surface area (Å²) in [7, 11) is 0. The monoisotopic (exact) mass is 501 g/mol. The molecule has 0 bridgehead atoms. The van der Waals surface area contributed by atoms with Gasteiger partial charge < -0.3 is 10.6 Å². The predicted molar refractivity (Wildman–Crippen MR) is 144 cm³/mol. The number of nitrogens with zero attached hydrogens (tertiary/aromatic N) is 1. The van der Waals surface area contributed by atoms with E-state index in [1.54, 1.807) is 30.3 Å². The second kappa shape index (κ2) is 10.8. The number of rotatable bonds is 8. The molecular weight excluding hydrogens is 474 g/mol. The molecule has 3 aromatic rings. The summed E-state index contributed by atoms with van der Waals surface area (Å²) in [6.07, 6.45) is 3.27. The molecule has 36 heavy (non-hydrogen) atoms. The Hall–Kier alpha value is -3.90. The number of benzene rings is 3. The van der Waals surface area contributed by atoms with Crippen LogP contribution in [0, 0.1) is 13.8 Å². The van der Waals surface area contributed by atoms with E-state index < -0.39 is 11.8 Å². The molecule has 1 aliphatic heterocycles. The highest BCUT2D eigenvalue weighted by molar-refractivity contribution is 6.53. The molecule has 7 heteroatoms. The van der Waals surface area contributed by atoms with Crippen LogP contribution in [0.2, 0.25) is 0 Å². The second-order valence-corrected chi connectivity index (χ2v) is 9.26. The number of hydrogen-bond acceptors (Lipinski definition) is 4. The van der Waals surface area contributed by atoms with Crippen molar-refractivity contribution >= 4 is 46.4 Å². The zero-order valence-electron chi connectivity index (χ0n) is 20.5. The average Bonchev–Trinajstić information content (AvgIpc) is 3.08. The third-order valence-electron chi connectivity index (χ3n) is 6.11. The lowest BCUT2D eigenvalue weighted by atomic mass is 10.1. The van der Waals surface area contributed by atoms with Gasteiger partial charge in [-0.2, -0.15) is 0 Å². The van der Waals surface area contributed by atoms with Gasteiger partial charge in [-0.25, -0.2) is 4.90 Å². The van der Waals surface area contributed by atoms with Crippen LogP contribution in [0.4, 0.5) is 17.1 Å². The first-order valence-electron chi connectivity index (χ1n) is 11.9. The van der Waals surface area contributed by atoms with E-state index in [1.807, 2.05) is 50.2 Å². The number of anilines is 3. The van der Waals surface area contributed by atoms with Crippen LogP contribution in [-0.2, 0) is 16.0 Å². The van der Waals surface area contributed by atoms with Crippen LogP contribution < -0.4 is 15.5 Å². The van der Waals surface area contributed by atoms with Crippen LogP contribution in [-0.4, -0.2) is 17.7 Å². The molecule has 4 rings (SSSR count). The molecule has 3 amide bonds. The van der Waals surface area contributed by atoms with Crippen molar-refractivity contribution in [3.8, 4) is 0 Å². The number of unbranched alkanes of at least 4 members (excludes halogenated alkanes) is 1. The van der Waals surface area contributed by atoms with Crippen molar-refractivity contribution in [1.82, 2.24) is 0 Å². The van der Waals surface area contributed by atoms with Crippen LogP contribution in [0.5, 0.6) is 0 Å². The van der Waals surface area contributed by atoms with Gasteiger partial charge in [-0.3, -0.25) is 14.4 Å². The number of carbonyl (C=O) groups is 3. The maximum atomic E-state index is 13.1. The van der Waals surface area contributed by atoms with E-state index in [-0.39, 0.29) is 16.6 Å². The largest absolute Gasteiger partial charge is 0.349 e. The van der Waals surface area contributed by atoms with Crippen LogP contribution in [0.1, 0.15) is 46.8 Å². The fourth-order valence-electron chi connectivity index (χ4n) is 3.91. The van der Waals surface area contributed by atoms with E-state index in [4.69, 9.17) is 11.6 Å². The van der Waals surface area contributed by atoms with Gasteiger partial charge in [-0.05, 0) is 74.2 Å². The first kappa shape index (κ1) is 25.2. The number of carbonyl (C=O) groups excluding carboxylic acids is 3. The lowest BCUT2D eigenvalue weighted by molar-refractivity contribution is -0.120. The molecular formula is C29H28ClN3O3. The molecule has 0 atom stereocenters. The summed E-state index contributed by atoms with van der Waals surface area (Å²) in [6.45, 7) is 5.92. The van der Waals surface area contributed by atoms with Crippen molar-refractivity contribution in [3.63, 3.8) is 0 Å². The molecule has 1 heterocycles. The standard InChI is InChI=1S/C29H28ClN3O3/c1-4-5-6-20-10-13-22(14-11-20)31-27(34)21-12-9-19(3)24(17-21)32-26-25(30)28(35)33(29(26)36)23-15-7-18(2)8-16-23/h7-17,32H,4-6H2,1-3H3,(H,31,34). The van der Waals surface area contributed by atoms with E-state index >= 15 is 0 Å². The summed E-state index contributed by atoms with van der Waals surface area (Å²) in [5.74, 6) is -1.43. The lowest BCUT2D eigenvalue weighted by Gasteiger charge is -2.16. The topological polar surface area (TPSA) is 78.5 Å². The van der Waals surface area contributed by atoms with Crippen molar-refractivity contribution in [2.45, 2.75) is 40.0 Å². The Kier molecular flexibility index (Phi) is 7.55. The third kappa shape index (κ3) is 5.34. The van der Waals surface area contributed by atoms with Gasteiger partial charge in [-0.1, -0.05) is 60.8 Å². The van der Waals surface area contributed by atoms with Crippen LogP contribution >= 0.6 is 11.6 Å². The van der Waals surface area contributed by atoms with Crippen molar-refractivity contribution in [3.05, 3.63) is 99.7 Å². The normalized spacial score (nSPS) is 13.4. The Morgan fingerprint density at radius 1 is 0.917 bits per heavy atom. The van der Waals surface area contributed by atoms with Gasteiger partial charge in [0.15, 0.2) is 0 Å². The fraction of sp³-hybridized carbons (Fsp3) is 0.207. The second-order valence-electron chi connectivity index (χ2n) is 8.88. The number of hydrogen-bond donors (Lipinski definition) is 2. The van der Waals surface area contributed by atoms with Gasteiger partial charge in [0, 0.05) is 16.9 Å². The molecule has 0 unspecified atom stereocenters. The first-order valence-corrected chi connectivity index (χ1v) is 12.3. The molecule has 0 aromatic heterocycles. The van der Waals surface area contributed by atoms with Crippen LogP contribution in [0.25, 0.3) is 0 Å². The highest BCUT2D eigenvalue weighted by Gasteiger charge is 2.39. The summed E-state index contributed by atoms with van der Waals surface area (Å²) in [4.78, 5) is 39.8. The molecule has 1 aliphatic rings. The zero-order valence-corrected chi connectivity index (χ0v) is 21.3. The Balaban J connectivity index is 1.51. The molecule has 2 N–H and O–H groups in total. The van der Waals surface area contributed by atoms with Crippen molar-refractivity contribution < 1.29 is 14.4 Å². The minimum absolute atomic E-state index is 0.0226. The first-order chi connectivity index (χ1) is 17.3. The third-order valence-corrected chi connectivity index (χ3v) is 6.46. The van der Waals surface area contributed by atoms with Gasteiger partial charge in [0.05, 0.1) is 5.69 Å². The number of halogens is 1. The van der Waals surface area contributed by atoms with Gasteiger partial charge in [0.25, 0.3) is 17.7 Å². The van der Waals surface area contributed by atoms with Crippen molar-refractivity contribution in [2.24, 2.45) is 0 Å². The minimum Gasteiger partial charge on any atom is -0.349 e. The molecule has 0 aliphatic carbocycles. The number of amides is 3. The van der Waals surface area contributed by atoms with Crippen molar-refractivity contribution in [1.29, 1.82) is 0 Å². The summed E-state index contributed by atoms with van der Waals surface area (Å²) in [6, 6.07) is 20.0. The van der Waals surface area contributed by atoms with Crippen LogP contribution in [0.15, 0.2) is 77.5 Å². The van der Waals surface area contributed by atoms with Gasteiger partial charge in [-0.15, -0.1) is 0 Å². The SMILES string of the molecule is CCCCc1ccc(NC(=O)c2ccc(C)c(NC3=C(Cl)C(=O)N(c4ccc(C)cc4)C3=O)c2)cc1. The minimum atomic E-state index is -0.595. The average molecular weight is 502 g/mol. The van der Waals surface area contributed by atoms with Crippen molar-refractivity contribution in [2.75, 3.05) is 15.5 Å². The number of aryl methyl sites for hydroxylation is 3. The predicted octanol–water partition coefficient (Wildman–Crippen LogP) is 6.33. The van der Waals surface area contributed by atoms with E-state index in [0.717, 1.165) is 35.3 Å². The Labute approximate surface area is 216 Å². The summed E-state index contributed by atoms with van der Waals surface area (Å²) >= 11 is 6.28. The quantitative estimate of drug-likeness (QED) is 0.353. The Morgan fingerprint density at radius 3 is 2.28 bits per heavy atom. The highest BCUT2D eigenvalue weighted by atomic mass is 35.5. The van der Waals surface area contributed by atoms with E-state index in [9.17, 15) is 14.4 Å². The number of nitrogens with one attached hydrogen (secondary N) is 2. The lowest BCUT2D eigenvalue weighted by Crippen LogP contribution is -2.32. The molecule has 0 saturated heterocycles. The molecule has 6 nitrogen and oxygen atoms in total. The molecule has 184 valence electrons. The Morgan fingerprint density at radius 2 is 1.61 bits per heavy atom. The molecule has 0 radical (unpaired) electrons. The van der Waals surface area contributed by atoms with Gasteiger partial charge >= 0.3 is 0 Å². The smallest absolute Gasteiger partial charge is 0.283 e. The maximum absolute atomic E-state index is 13.1. The van der Waals surface area contributed by atoms with E-state index in [2.05, 4.69) is 17.6 Å². The molecule has 0 fully saturated rings. The summed E-state index contributed by atoms with van der Waals surface area (Å²) in [5.41, 5.74) is 5.07. The Bertz CT molecular complexity index is 1350. The summed E-state index contributed by atoms with van der Waals surface area (Å²) < 4.78 is 0. The molecule has 3 aromatic carbocycles. The maximum Gasteiger partial charge on any atom is 0.283 e. The molecule has 0 spiro atoms. The fourth-order valence-corrected chi connectivity index (χ4v) is 4.12. The number of imide groups is 1. The van der Waals surface area contributed by atoms with E-state index in [0.29, 0.717) is 22.6 Å².